The van der Waals surface area contributed by atoms with Gasteiger partial charge in [-0.2, -0.15) is 18.3 Å². The second kappa shape index (κ2) is 8.75. The lowest BCUT2D eigenvalue weighted by Gasteiger charge is -2.17. The number of carbonyl (C=O) groups is 1. The van der Waals surface area contributed by atoms with Crippen molar-refractivity contribution in [2.75, 3.05) is 18.4 Å². The zero-order chi connectivity index (χ0) is 18.7. The number of amides is 1. The molecule has 1 aromatic carbocycles. The summed E-state index contributed by atoms with van der Waals surface area (Å²) in [6.07, 6.45) is -1.39. The fourth-order valence-electron chi connectivity index (χ4n) is 3.21. The first-order chi connectivity index (χ1) is 12.3. The van der Waals surface area contributed by atoms with E-state index in [1.54, 1.807) is 35.1 Å². The number of hydrogen-bond acceptors (Lipinski definition) is 3. The molecule has 0 unspecified atom stereocenters. The topological polar surface area (TPSA) is 59.0 Å². The number of alkyl halides is 3. The third-order valence-corrected chi connectivity index (χ3v) is 4.62. The van der Waals surface area contributed by atoms with Gasteiger partial charge in [0.05, 0.1) is 12.1 Å². The van der Waals surface area contributed by atoms with Gasteiger partial charge in [0.25, 0.3) is 0 Å². The summed E-state index contributed by atoms with van der Waals surface area (Å²) in [5, 5.41) is 10.3. The smallest absolute Gasteiger partial charge is 0.326 e. The molecule has 0 aliphatic carbocycles. The van der Waals surface area contributed by atoms with Crippen LogP contribution in [-0.4, -0.2) is 35.0 Å². The highest BCUT2D eigenvalue weighted by atomic mass is 35.5. The Bertz CT molecular complexity index is 761. The molecular formula is C18H22ClF3N4O. The number of anilines is 1. The summed E-state index contributed by atoms with van der Waals surface area (Å²) in [5.41, 5.74) is 2.19. The van der Waals surface area contributed by atoms with Gasteiger partial charge in [0.2, 0.25) is 5.91 Å². The molecule has 148 valence electrons. The lowest BCUT2D eigenvalue weighted by molar-refractivity contribution is -0.134. The van der Waals surface area contributed by atoms with Crippen LogP contribution in [0.3, 0.4) is 0 Å². The molecule has 0 spiro atoms. The van der Waals surface area contributed by atoms with Crippen molar-refractivity contribution in [3.05, 3.63) is 47.8 Å². The van der Waals surface area contributed by atoms with E-state index in [9.17, 15) is 18.0 Å². The van der Waals surface area contributed by atoms with Crippen molar-refractivity contribution in [1.82, 2.24) is 15.1 Å². The molecule has 2 aromatic rings. The van der Waals surface area contributed by atoms with Crippen LogP contribution < -0.4 is 10.6 Å². The molecule has 1 aliphatic rings. The average Bonchev–Trinajstić information content (AvgIpc) is 3.22. The van der Waals surface area contributed by atoms with Crippen LogP contribution in [0.2, 0.25) is 0 Å². The van der Waals surface area contributed by atoms with Crippen molar-refractivity contribution >= 4 is 24.0 Å². The Morgan fingerprint density at radius 3 is 2.59 bits per heavy atom. The fourth-order valence-corrected chi connectivity index (χ4v) is 3.21. The molecule has 0 saturated carbocycles. The van der Waals surface area contributed by atoms with Crippen LogP contribution in [0.4, 0.5) is 18.9 Å². The maximum Gasteiger partial charge on any atom is 0.389 e. The van der Waals surface area contributed by atoms with Crippen LogP contribution in [-0.2, 0) is 18.3 Å². The standard InChI is InChI=1S/C18H21F3N4O.ClH/c1-25-11-13(8-23-25)15-9-22-10-16(15)17(26)24-14-4-2-12(3-5-14)6-7-18(19,20)21;/h2-5,8,11,15-16,22H,6-7,9-10H2,1H3,(H,24,26);1H/t15-,16+;/m1./s1. The third-order valence-electron chi connectivity index (χ3n) is 4.62. The lowest BCUT2D eigenvalue weighted by atomic mass is 9.90. The van der Waals surface area contributed by atoms with Crippen LogP contribution in [0.15, 0.2) is 36.7 Å². The molecule has 2 atom stereocenters. The first-order valence-corrected chi connectivity index (χ1v) is 8.47. The van der Waals surface area contributed by atoms with Gasteiger partial charge in [-0.05, 0) is 29.7 Å². The van der Waals surface area contributed by atoms with Gasteiger partial charge in [0.15, 0.2) is 0 Å². The van der Waals surface area contributed by atoms with Crippen molar-refractivity contribution < 1.29 is 18.0 Å². The highest BCUT2D eigenvalue weighted by molar-refractivity contribution is 5.93. The molecule has 1 aromatic heterocycles. The largest absolute Gasteiger partial charge is 0.389 e. The Hall–Kier alpha value is -2.06. The van der Waals surface area contributed by atoms with Crippen LogP contribution in [0.5, 0.6) is 0 Å². The molecule has 27 heavy (non-hydrogen) atoms. The van der Waals surface area contributed by atoms with E-state index in [-0.39, 0.29) is 36.6 Å². The van der Waals surface area contributed by atoms with E-state index in [2.05, 4.69) is 15.7 Å². The predicted octanol–water partition coefficient (Wildman–Crippen LogP) is 3.28. The number of halogens is 4. The summed E-state index contributed by atoms with van der Waals surface area (Å²) in [5.74, 6) is -0.272. The summed E-state index contributed by atoms with van der Waals surface area (Å²) < 4.78 is 38.5. The predicted molar refractivity (Wildman–Crippen MR) is 99.0 cm³/mol. The van der Waals surface area contributed by atoms with Crippen molar-refractivity contribution in [2.24, 2.45) is 13.0 Å². The van der Waals surface area contributed by atoms with Gasteiger partial charge >= 0.3 is 6.18 Å². The van der Waals surface area contributed by atoms with E-state index in [4.69, 9.17) is 0 Å². The number of rotatable bonds is 5. The van der Waals surface area contributed by atoms with E-state index < -0.39 is 12.6 Å². The average molecular weight is 403 g/mol. The Labute approximate surface area is 161 Å². The molecule has 2 N–H and O–H groups in total. The van der Waals surface area contributed by atoms with E-state index in [1.165, 1.54) is 0 Å². The summed E-state index contributed by atoms with van der Waals surface area (Å²) in [7, 11) is 1.83. The van der Waals surface area contributed by atoms with Gasteiger partial charge < -0.3 is 10.6 Å². The maximum atomic E-state index is 12.6. The summed E-state index contributed by atoms with van der Waals surface area (Å²) in [6.45, 7) is 1.29. The lowest BCUT2D eigenvalue weighted by Crippen LogP contribution is -2.28. The number of carbonyl (C=O) groups excluding carboxylic acids is 1. The normalized spacial score (nSPS) is 19.6. The minimum absolute atomic E-state index is 0. The number of nitrogens with zero attached hydrogens (tertiary/aromatic N) is 2. The Balaban J connectivity index is 0.00000261. The summed E-state index contributed by atoms with van der Waals surface area (Å²) >= 11 is 0. The van der Waals surface area contributed by atoms with Crippen molar-refractivity contribution in [1.29, 1.82) is 0 Å². The quantitative estimate of drug-likeness (QED) is 0.807. The number of nitrogens with one attached hydrogen (secondary N) is 2. The molecule has 3 rings (SSSR count). The minimum atomic E-state index is -4.16. The zero-order valence-corrected chi connectivity index (χ0v) is 15.6. The van der Waals surface area contributed by atoms with E-state index in [0.717, 1.165) is 5.56 Å². The molecule has 2 heterocycles. The molecule has 1 amide bonds. The maximum absolute atomic E-state index is 12.6. The molecular weight excluding hydrogens is 381 g/mol. The monoisotopic (exact) mass is 402 g/mol. The van der Waals surface area contributed by atoms with Gasteiger partial charge in [-0.3, -0.25) is 9.48 Å². The molecule has 1 saturated heterocycles. The Kier molecular flexibility index (Phi) is 6.89. The van der Waals surface area contributed by atoms with Crippen LogP contribution in [0.1, 0.15) is 23.5 Å². The summed E-state index contributed by atoms with van der Waals surface area (Å²) in [6, 6.07) is 6.52. The molecule has 0 bridgehead atoms. The van der Waals surface area contributed by atoms with Crippen molar-refractivity contribution in [2.45, 2.75) is 24.9 Å². The van der Waals surface area contributed by atoms with Gasteiger partial charge in [-0.1, -0.05) is 12.1 Å². The third kappa shape index (κ3) is 5.71. The van der Waals surface area contributed by atoms with E-state index >= 15 is 0 Å². The number of aromatic nitrogens is 2. The van der Waals surface area contributed by atoms with Gasteiger partial charge in [0.1, 0.15) is 0 Å². The van der Waals surface area contributed by atoms with Crippen LogP contribution in [0, 0.1) is 5.92 Å². The van der Waals surface area contributed by atoms with Gasteiger partial charge in [-0.15, -0.1) is 12.4 Å². The Morgan fingerprint density at radius 2 is 2.00 bits per heavy atom. The van der Waals surface area contributed by atoms with Crippen LogP contribution >= 0.6 is 12.4 Å². The Morgan fingerprint density at radius 1 is 1.30 bits per heavy atom. The highest BCUT2D eigenvalue weighted by Crippen LogP contribution is 2.29. The van der Waals surface area contributed by atoms with Crippen molar-refractivity contribution in [3.63, 3.8) is 0 Å². The van der Waals surface area contributed by atoms with E-state index in [1.807, 2.05) is 13.2 Å². The fraction of sp³-hybridized carbons (Fsp3) is 0.444. The van der Waals surface area contributed by atoms with Crippen LogP contribution in [0.25, 0.3) is 0 Å². The molecule has 1 fully saturated rings. The number of benzene rings is 1. The SMILES string of the molecule is Cl.Cn1cc([C@H]2CNC[C@@H]2C(=O)Nc2ccc(CCC(F)(F)F)cc2)cn1. The number of hydrogen-bond donors (Lipinski definition) is 2. The molecule has 1 aliphatic heterocycles. The highest BCUT2D eigenvalue weighted by Gasteiger charge is 2.34. The first kappa shape index (κ1) is 21.2. The van der Waals surface area contributed by atoms with Gasteiger partial charge in [-0.25, -0.2) is 0 Å². The number of aryl methyl sites for hydroxylation is 2. The molecule has 0 radical (unpaired) electrons. The van der Waals surface area contributed by atoms with Gasteiger partial charge in [0, 0.05) is 44.4 Å². The zero-order valence-electron chi connectivity index (χ0n) is 14.8. The van der Waals surface area contributed by atoms with Crippen molar-refractivity contribution in [3.8, 4) is 0 Å². The summed E-state index contributed by atoms with van der Waals surface area (Å²) in [4.78, 5) is 12.6. The van der Waals surface area contributed by atoms with E-state index in [0.29, 0.717) is 24.3 Å². The second-order valence-electron chi connectivity index (χ2n) is 6.62. The molecule has 9 heteroatoms. The molecule has 5 nitrogen and oxygen atoms in total. The minimum Gasteiger partial charge on any atom is -0.326 e. The second-order valence-corrected chi connectivity index (χ2v) is 6.62. The first-order valence-electron chi connectivity index (χ1n) is 8.47.